The summed E-state index contributed by atoms with van der Waals surface area (Å²) in [5.41, 5.74) is -0.695. The number of nitrogens with zero attached hydrogens (tertiary/aromatic N) is 2. The van der Waals surface area contributed by atoms with E-state index < -0.39 is 38.7 Å². The van der Waals surface area contributed by atoms with Crippen molar-refractivity contribution in [1.82, 2.24) is 0 Å². The average Bonchev–Trinajstić information content (AvgIpc) is 2.80. The lowest BCUT2D eigenvalue weighted by molar-refractivity contribution is 0.186. The van der Waals surface area contributed by atoms with Crippen LogP contribution in [0.4, 0.5) is 0 Å². The number of hydrogen-bond acceptors (Lipinski definition) is 10. The molecule has 0 bridgehead atoms. The summed E-state index contributed by atoms with van der Waals surface area (Å²) >= 11 is 0. The van der Waals surface area contributed by atoms with Gasteiger partial charge in [-0.05, 0) is 53.4 Å². The van der Waals surface area contributed by atoms with Gasteiger partial charge in [0.15, 0.2) is 0 Å². The summed E-state index contributed by atoms with van der Waals surface area (Å²) in [7, 11) is -7.14. The van der Waals surface area contributed by atoms with Gasteiger partial charge in [-0.2, -0.15) is 0 Å². The summed E-state index contributed by atoms with van der Waals surface area (Å²) in [6, 6.07) is -0.862. The Morgan fingerprint density at radius 2 is 1.11 bits per heavy atom. The van der Waals surface area contributed by atoms with Crippen LogP contribution in [0, 0.1) is 17.8 Å². The van der Waals surface area contributed by atoms with Crippen molar-refractivity contribution < 1.29 is 36.7 Å². The second-order valence-electron chi connectivity index (χ2n) is 9.27. The third-order valence-electron chi connectivity index (χ3n) is 6.02. The maximum absolute atomic E-state index is 14.3. The fourth-order valence-corrected chi connectivity index (χ4v) is 9.50. The molecule has 1 heterocycles. The van der Waals surface area contributed by atoms with Gasteiger partial charge in [0.25, 0.3) is 0 Å². The van der Waals surface area contributed by atoms with Gasteiger partial charge in [0, 0.05) is 5.92 Å². The van der Waals surface area contributed by atoms with Crippen LogP contribution in [0.1, 0.15) is 69.2 Å². The molecule has 1 aliphatic heterocycles. The van der Waals surface area contributed by atoms with Crippen LogP contribution in [-0.2, 0) is 36.7 Å². The quantitative estimate of drug-likeness (QED) is 0.184. The second-order valence-corrected chi connectivity index (χ2v) is 13.6. The Morgan fingerprint density at radius 3 is 1.51 bits per heavy atom. The van der Waals surface area contributed by atoms with Crippen molar-refractivity contribution in [2.24, 2.45) is 27.7 Å². The van der Waals surface area contributed by atoms with Gasteiger partial charge in [-0.15, -0.1) is 0 Å². The molecule has 3 unspecified atom stereocenters. The molecule has 37 heavy (non-hydrogen) atoms. The highest BCUT2D eigenvalue weighted by Gasteiger charge is 2.49. The Bertz CT molecular complexity index is 816. The van der Waals surface area contributed by atoms with Crippen molar-refractivity contribution in [3.63, 3.8) is 0 Å². The van der Waals surface area contributed by atoms with Gasteiger partial charge in [-0.25, -0.2) is 9.98 Å². The lowest BCUT2D eigenvalue weighted by atomic mass is 9.90. The highest BCUT2D eigenvalue weighted by molar-refractivity contribution is 7.55. The summed E-state index contributed by atoms with van der Waals surface area (Å²) in [4.78, 5) is 9.84. The van der Waals surface area contributed by atoms with Crippen LogP contribution in [0.25, 0.3) is 0 Å². The molecule has 0 saturated carbocycles. The Kier molecular flexibility index (Phi) is 15.2. The van der Waals surface area contributed by atoms with E-state index in [0.717, 1.165) is 0 Å². The van der Waals surface area contributed by atoms with Gasteiger partial charge >= 0.3 is 15.2 Å². The molecular formula is C25H50N2O8P2. The van der Waals surface area contributed by atoms with Crippen molar-refractivity contribution in [2.45, 2.75) is 87.0 Å². The predicted octanol–water partition coefficient (Wildman–Crippen LogP) is 6.44. The maximum atomic E-state index is 14.3. The summed E-state index contributed by atoms with van der Waals surface area (Å²) in [5.74, 6) is 0.282. The Balaban J connectivity index is 3.64. The molecule has 12 heteroatoms. The fraction of sp³-hybridized carbons (Fsp3) is 0.920. The van der Waals surface area contributed by atoms with Gasteiger partial charge in [-0.3, -0.25) is 9.13 Å². The molecular weight excluding hydrogens is 518 g/mol. The minimum atomic E-state index is -3.70. The van der Waals surface area contributed by atoms with E-state index >= 15 is 0 Å². The molecule has 0 aromatic carbocycles. The van der Waals surface area contributed by atoms with Crippen molar-refractivity contribution in [3.05, 3.63) is 0 Å². The van der Waals surface area contributed by atoms with E-state index in [-0.39, 0.29) is 44.5 Å². The molecule has 0 aliphatic carbocycles. The fourth-order valence-electron chi connectivity index (χ4n) is 4.73. The van der Waals surface area contributed by atoms with E-state index in [1.54, 1.807) is 27.7 Å². The van der Waals surface area contributed by atoms with E-state index in [0.29, 0.717) is 25.0 Å². The van der Waals surface area contributed by atoms with Gasteiger partial charge in [0.2, 0.25) is 11.8 Å². The molecule has 1 rings (SSSR count). The van der Waals surface area contributed by atoms with Crippen LogP contribution in [0.2, 0.25) is 0 Å². The van der Waals surface area contributed by atoms with Gasteiger partial charge in [0.1, 0.15) is 12.1 Å². The molecule has 0 saturated heterocycles. The summed E-state index contributed by atoms with van der Waals surface area (Å²) in [5, 5.41) is 0. The first-order valence-corrected chi connectivity index (χ1v) is 17.0. The van der Waals surface area contributed by atoms with Crippen molar-refractivity contribution in [1.29, 1.82) is 0 Å². The third-order valence-corrected chi connectivity index (χ3v) is 11.3. The topological polar surface area (TPSA) is 114 Å². The van der Waals surface area contributed by atoms with Crippen molar-refractivity contribution in [2.75, 3.05) is 45.8 Å². The average molecular weight is 569 g/mol. The van der Waals surface area contributed by atoms with Crippen LogP contribution >= 0.6 is 15.2 Å². The summed E-state index contributed by atoms with van der Waals surface area (Å²) < 4.78 is 62.5. The number of aliphatic imine (C=N–C) groups is 2. The smallest absolute Gasteiger partial charge is 0.334 e. The molecule has 0 aromatic heterocycles. The molecule has 0 spiro atoms. The molecule has 0 fully saturated rings. The monoisotopic (exact) mass is 568 g/mol. The highest BCUT2D eigenvalue weighted by atomic mass is 31.2. The molecule has 5 atom stereocenters. The number of hydrogen-bond donors (Lipinski definition) is 0. The van der Waals surface area contributed by atoms with Gasteiger partial charge in [0.05, 0.1) is 51.5 Å². The molecule has 0 aromatic rings. The molecule has 0 radical (unpaired) electrons. The minimum absolute atomic E-state index is 0.0539. The van der Waals surface area contributed by atoms with E-state index in [2.05, 4.69) is 13.8 Å². The first-order valence-electron chi connectivity index (χ1n) is 13.6. The Morgan fingerprint density at radius 1 is 0.676 bits per heavy atom. The SMILES string of the molecule is CCOC1=N[C@H](C(C)C)C(OCC)=N[C@H]1C(C)C(C(C)CP(=O)(OCC)OCC)P(=O)(OCC)OCC. The first-order chi connectivity index (χ1) is 17.5. The standard InChI is InChI=1S/C25H50N2O8P2/c1-11-30-24-21(18(7)8)26-25(31-12-2)22(27-24)20(10)23(37(29,34-15-5)35-16-6)19(9)17-36(28,32-13-3)33-14-4/h18-23H,11-17H2,1-10H3/t19?,20?,21-,22+,23?/m1/s1. The van der Waals surface area contributed by atoms with Crippen molar-refractivity contribution in [3.8, 4) is 0 Å². The molecule has 0 N–H and O–H groups in total. The Hall–Kier alpha value is -0.760. The zero-order chi connectivity index (χ0) is 28.2. The van der Waals surface area contributed by atoms with Gasteiger partial charge in [-0.1, -0.05) is 27.7 Å². The van der Waals surface area contributed by atoms with Crippen molar-refractivity contribution >= 4 is 27.0 Å². The third kappa shape index (κ3) is 9.44. The molecule has 0 amide bonds. The number of ether oxygens (including phenoxy) is 2. The largest absolute Gasteiger partial charge is 0.480 e. The van der Waals surface area contributed by atoms with E-state index in [1.165, 1.54) is 0 Å². The lowest BCUT2D eigenvalue weighted by Crippen LogP contribution is -2.45. The summed E-state index contributed by atoms with van der Waals surface area (Å²) in [6.07, 6.45) is 0.0539. The lowest BCUT2D eigenvalue weighted by Gasteiger charge is -2.39. The highest BCUT2D eigenvalue weighted by Crippen LogP contribution is 2.61. The molecule has 1 aliphatic rings. The van der Waals surface area contributed by atoms with Crippen LogP contribution in [0.3, 0.4) is 0 Å². The van der Waals surface area contributed by atoms with E-state index in [4.69, 9.17) is 37.6 Å². The van der Waals surface area contributed by atoms with Crippen LogP contribution in [0.15, 0.2) is 9.98 Å². The zero-order valence-corrected chi connectivity index (χ0v) is 26.3. The van der Waals surface area contributed by atoms with Crippen LogP contribution in [0.5, 0.6) is 0 Å². The summed E-state index contributed by atoms with van der Waals surface area (Å²) in [6.45, 7) is 20.5. The number of rotatable bonds is 17. The Labute approximate surface area is 224 Å². The zero-order valence-electron chi connectivity index (χ0n) is 24.5. The van der Waals surface area contributed by atoms with Crippen LogP contribution in [-0.4, -0.2) is 75.3 Å². The molecule has 218 valence electrons. The first kappa shape index (κ1) is 34.3. The maximum Gasteiger partial charge on any atom is 0.334 e. The minimum Gasteiger partial charge on any atom is -0.480 e. The normalized spacial score (nSPS) is 21.3. The predicted molar refractivity (Wildman–Crippen MR) is 149 cm³/mol. The second kappa shape index (κ2) is 16.4. The van der Waals surface area contributed by atoms with E-state index in [9.17, 15) is 9.13 Å². The van der Waals surface area contributed by atoms with Crippen LogP contribution < -0.4 is 0 Å². The van der Waals surface area contributed by atoms with E-state index in [1.807, 2.05) is 27.7 Å². The molecule has 10 nitrogen and oxygen atoms in total. The van der Waals surface area contributed by atoms with Gasteiger partial charge < -0.3 is 27.6 Å².